The van der Waals surface area contributed by atoms with E-state index >= 15 is 0 Å². The molecule has 5 nitrogen and oxygen atoms in total. The summed E-state index contributed by atoms with van der Waals surface area (Å²) in [6, 6.07) is 6.28. The largest absolute Gasteiger partial charge is 0.357 e. The van der Waals surface area contributed by atoms with Gasteiger partial charge in [0.25, 0.3) is 0 Å². The standard InChI is InChI=1S/C18H27N5.HI/c1-5-20-18(23(4)14-17-7-6-12-22(17)3)21-11-9-16-8-10-19-13-15(16)2;/h6-8,10,12-13H,5,9,11,14H2,1-4H3,(H,20,21);1H. The average Bonchev–Trinajstić information content (AvgIpc) is 2.93. The van der Waals surface area contributed by atoms with Gasteiger partial charge in [-0.05, 0) is 49.6 Å². The summed E-state index contributed by atoms with van der Waals surface area (Å²) in [6.07, 6.45) is 6.76. The highest BCUT2D eigenvalue weighted by Gasteiger charge is 2.08. The maximum Gasteiger partial charge on any atom is 0.194 e. The van der Waals surface area contributed by atoms with Gasteiger partial charge in [-0.15, -0.1) is 24.0 Å². The van der Waals surface area contributed by atoms with Gasteiger partial charge in [-0.25, -0.2) is 0 Å². The molecule has 0 bridgehead atoms. The van der Waals surface area contributed by atoms with Crippen molar-refractivity contribution in [2.75, 3.05) is 20.1 Å². The molecule has 2 rings (SSSR count). The van der Waals surface area contributed by atoms with Crippen molar-refractivity contribution in [3.63, 3.8) is 0 Å². The number of rotatable bonds is 6. The first-order valence-electron chi connectivity index (χ1n) is 8.11. The number of aromatic nitrogens is 2. The van der Waals surface area contributed by atoms with Gasteiger partial charge in [0.2, 0.25) is 0 Å². The van der Waals surface area contributed by atoms with Crippen molar-refractivity contribution >= 4 is 29.9 Å². The molecule has 0 radical (unpaired) electrons. The molecular weight excluding hydrogens is 413 g/mol. The smallest absolute Gasteiger partial charge is 0.194 e. The Labute approximate surface area is 162 Å². The van der Waals surface area contributed by atoms with Crippen LogP contribution < -0.4 is 5.32 Å². The summed E-state index contributed by atoms with van der Waals surface area (Å²) in [7, 11) is 4.14. The molecule has 0 atom stereocenters. The van der Waals surface area contributed by atoms with Crippen LogP contribution in [0, 0.1) is 6.92 Å². The van der Waals surface area contributed by atoms with Gasteiger partial charge in [0.05, 0.1) is 6.54 Å². The minimum Gasteiger partial charge on any atom is -0.357 e. The van der Waals surface area contributed by atoms with Crippen molar-refractivity contribution in [2.24, 2.45) is 12.0 Å². The van der Waals surface area contributed by atoms with Gasteiger partial charge in [-0.3, -0.25) is 9.98 Å². The average molecular weight is 441 g/mol. The van der Waals surface area contributed by atoms with E-state index in [1.807, 2.05) is 12.4 Å². The molecule has 0 amide bonds. The van der Waals surface area contributed by atoms with Crippen molar-refractivity contribution in [2.45, 2.75) is 26.8 Å². The summed E-state index contributed by atoms with van der Waals surface area (Å²) < 4.78 is 2.14. The molecule has 24 heavy (non-hydrogen) atoms. The number of hydrogen-bond acceptors (Lipinski definition) is 2. The highest BCUT2D eigenvalue weighted by atomic mass is 127. The molecule has 0 aliphatic carbocycles. The Morgan fingerprint density at radius 3 is 2.79 bits per heavy atom. The van der Waals surface area contributed by atoms with Gasteiger partial charge in [0.1, 0.15) is 0 Å². The lowest BCUT2D eigenvalue weighted by atomic mass is 10.1. The lowest BCUT2D eigenvalue weighted by molar-refractivity contribution is 0.462. The number of nitrogens with zero attached hydrogens (tertiary/aromatic N) is 4. The predicted molar refractivity (Wildman–Crippen MR) is 111 cm³/mol. The first kappa shape index (κ1) is 20.5. The molecule has 0 saturated heterocycles. The van der Waals surface area contributed by atoms with Crippen molar-refractivity contribution in [1.29, 1.82) is 0 Å². The Hall–Kier alpha value is -1.57. The number of aryl methyl sites for hydroxylation is 2. The Balaban J connectivity index is 0.00000288. The fourth-order valence-electron chi connectivity index (χ4n) is 2.51. The van der Waals surface area contributed by atoms with Gasteiger partial charge in [0, 0.05) is 51.5 Å². The van der Waals surface area contributed by atoms with Crippen LogP contribution in [0.3, 0.4) is 0 Å². The highest BCUT2D eigenvalue weighted by Crippen LogP contribution is 2.07. The van der Waals surface area contributed by atoms with Crippen LogP contribution in [0.15, 0.2) is 41.8 Å². The van der Waals surface area contributed by atoms with E-state index in [2.05, 4.69) is 72.1 Å². The molecule has 0 spiro atoms. The van der Waals surface area contributed by atoms with Gasteiger partial charge >= 0.3 is 0 Å². The van der Waals surface area contributed by atoms with E-state index in [1.54, 1.807) is 0 Å². The molecule has 2 heterocycles. The molecular formula is C18H28IN5. The third kappa shape index (κ3) is 5.81. The Kier molecular flexibility index (Phi) is 8.81. The monoisotopic (exact) mass is 441 g/mol. The van der Waals surface area contributed by atoms with Crippen LogP contribution in [0.5, 0.6) is 0 Å². The van der Waals surface area contributed by atoms with Gasteiger partial charge < -0.3 is 14.8 Å². The number of aliphatic imine (C=N–C) groups is 1. The first-order valence-corrected chi connectivity index (χ1v) is 8.11. The summed E-state index contributed by atoms with van der Waals surface area (Å²) in [5.74, 6) is 0.945. The zero-order valence-electron chi connectivity index (χ0n) is 15.0. The molecule has 0 aliphatic heterocycles. The molecule has 0 saturated carbocycles. The summed E-state index contributed by atoms with van der Waals surface area (Å²) in [5.41, 5.74) is 3.80. The zero-order valence-corrected chi connectivity index (χ0v) is 17.3. The van der Waals surface area contributed by atoms with Crippen molar-refractivity contribution in [3.8, 4) is 0 Å². The third-order valence-electron chi connectivity index (χ3n) is 3.93. The van der Waals surface area contributed by atoms with Crippen LogP contribution >= 0.6 is 24.0 Å². The number of guanidine groups is 1. The van der Waals surface area contributed by atoms with Crippen LogP contribution in [0.1, 0.15) is 23.7 Å². The summed E-state index contributed by atoms with van der Waals surface area (Å²) >= 11 is 0. The summed E-state index contributed by atoms with van der Waals surface area (Å²) in [4.78, 5) is 11.1. The van der Waals surface area contributed by atoms with Crippen molar-refractivity contribution in [3.05, 3.63) is 53.6 Å². The van der Waals surface area contributed by atoms with Crippen LogP contribution in [-0.4, -0.2) is 40.5 Å². The van der Waals surface area contributed by atoms with E-state index in [1.165, 1.54) is 16.8 Å². The number of pyridine rings is 1. The zero-order chi connectivity index (χ0) is 16.7. The highest BCUT2D eigenvalue weighted by molar-refractivity contribution is 14.0. The van der Waals surface area contributed by atoms with Crippen LogP contribution in [0.2, 0.25) is 0 Å². The maximum absolute atomic E-state index is 4.76. The quantitative estimate of drug-likeness (QED) is 0.426. The first-order chi connectivity index (χ1) is 11.1. The normalized spacial score (nSPS) is 11.1. The topological polar surface area (TPSA) is 45.5 Å². The van der Waals surface area contributed by atoms with Crippen molar-refractivity contribution in [1.82, 2.24) is 19.8 Å². The number of nitrogens with one attached hydrogen (secondary N) is 1. The lowest BCUT2D eigenvalue weighted by Crippen LogP contribution is -2.39. The molecule has 1 N–H and O–H groups in total. The maximum atomic E-state index is 4.76. The van der Waals surface area contributed by atoms with E-state index in [9.17, 15) is 0 Å². The van der Waals surface area contributed by atoms with Gasteiger partial charge in [-0.2, -0.15) is 0 Å². The summed E-state index contributed by atoms with van der Waals surface area (Å²) in [6.45, 7) is 6.66. The van der Waals surface area contributed by atoms with Crippen LogP contribution in [0.4, 0.5) is 0 Å². The van der Waals surface area contributed by atoms with E-state index in [0.29, 0.717) is 0 Å². The second-order valence-electron chi connectivity index (χ2n) is 5.75. The van der Waals surface area contributed by atoms with E-state index in [-0.39, 0.29) is 24.0 Å². The molecule has 2 aromatic heterocycles. The lowest BCUT2D eigenvalue weighted by Gasteiger charge is -2.22. The van der Waals surface area contributed by atoms with E-state index in [0.717, 1.165) is 32.0 Å². The third-order valence-corrected chi connectivity index (χ3v) is 3.93. The molecule has 0 aliphatic rings. The van der Waals surface area contributed by atoms with E-state index in [4.69, 9.17) is 4.99 Å². The molecule has 132 valence electrons. The Bertz CT molecular complexity index is 650. The molecule has 0 fully saturated rings. The second kappa shape index (κ2) is 10.3. The molecule has 6 heteroatoms. The van der Waals surface area contributed by atoms with Gasteiger partial charge in [-0.1, -0.05) is 0 Å². The Morgan fingerprint density at radius 2 is 2.17 bits per heavy atom. The predicted octanol–water partition coefficient (Wildman–Crippen LogP) is 2.99. The second-order valence-corrected chi connectivity index (χ2v) is 5.75. The fraction of sp³-hybridized carbons (Fsp3) is 0.444. The molecule has 0 unspecified atom stereocenters. The minimum atomic E-state index is 0. The minimum absolute atomic E-state index is 0. The number of hydrogen-bond donors (Lipinski definition) is 1. The number of halogens is 1. The van der Waals surface area contributed by atoms with Crippen LogP contribution in [0.25, 0.3) is 0 Å². The molecule has 0 aromatic carbocycles. The Morgan fingerprint density at radius 1 is 1.38 bits per heavy atom. The van der Waals surface area contributed by atoms with Gasteiger partial charge in [0.15, 0.2) is 5.96 Å². The SMILES string of the molecule is CCNC(=NCCc1ccncc1C)N(C)Cc1cccn1C.I. The van der Waals surface area contributed by atoms with Crippen molar-refractivity contribution < 1.29 is 0 Å². The van der Waals surface area contributed by atoms with Crippen LogP contribution in [-0.2, 0) is 20.0 Å². The molecule has 2 aromatic rings. The van der Waals surface area contributed by atoms with E-state index < -0.39 is 0 Å². The fourth-order valence-corrected chi connectivity index (χ4v) is 2.51. The summed E-state index contributed by atoms with van der Waals surface area (Å²) in [5, 5.41) is 3.37.